The number of fused-ring (bicyclic) bond motifs is 4. The molecule has 166 valence electrons. The smallest absolute Gasteiger partial charge is 0.0606 e. The summed E-state index contributed by atoms with van der Waals surface area (Å²) in [5, 5.41) is 12.8. The molecule has 2 spiro atoms. The number of aliphatic hydroxyl groups excluding tert-OH is 1. The number of rotatable bonds is 2. The molecule has 2 fully saturated rings. The zero-order chi connectivity index (χ0) is 21.2. The monoisotopic (exact) mass is 418 g/mol. The van der Waals surface area contributed by atoms with Crippen molar-refractivity contribution in [1.29, 1.82) is 0 Å². The molecule has 3 nitrogen and oxygen atoms in total. The van der Waals surface area contributed by atoms with Gasteiger partial charge in [-0.1, -0.05) is 74.9 Å². The summed E-state index contributed by atoms with van der Waals surface area (Å²) >= 11 is 0. The molecular weight excluding hydrogens is 380 g/mol. The van der Waals surface area contributed by atoms with Gasteiger partial charge in [-0.15, -0.1) is 0 Å². The lowest BCUT2D eigenvalue weighted by Gasteiger charge is -2.34. The van der Waals surface area contributed by atoms with Crippen molar-refractivity contribution in [3.8, 4) is 0 Å². The Balaban J connectivity index is 0.000000134. The second-order valence-electron chi connectivity index (χ2n) is 10.2. The summed E-state index contributed by atoms with van der Waals surface area (Å²) < 4.78 is 0. The first-order chi connectivity index (χ1) is 15.3. The fourth-order valence-corrected chi connectivity index (χ4v) is 6.84. The summed E-state index contributed by atoms with van der Waals surface area (Å²) in [5.74, 6) is 0. The van der Waals surface area contributed by atoms with Gasteiger partial charge in [-0.3, -0.25) is 0 Å². The van der Waals surface area contributed by atoms with E-state index in [1.54, 1.807) is 5.56 Å². The van der Waals surface area contributed by atoms with Crippen LogP contribution in [0.25, 0.3) is 0 Å². The van der Waals surface area contributed by atoms with Crippen molar-refractivity contribution >= 4 is 11.4 Å². The lowest BCUT2D eigenvalue weighted by atomic mass is 9.71. The van der Waals surface area contributed by atoms with Crippen LogP contribution in [0.5, 0.6) is 0 Å². The Morgan fingerprint density at radius 3 is 2.06 bits per heavy atom. The second kappa shape index (κ2) is 8.86. The van der Waals surface area contributed by atoms with Gasteiger partial charge in [0, 0.05) is 41.8 Å². The first-order valence-electron chi connectivity index (χ1n) is 12.6. The Labute approximate surface area is 187 Å². The van der Waals surface area contributed by atoms with Crippen LogP contribution >= 0.6 is 0 Å². The summed E-state index contributed by atoms with van der Waals surface area (Å²) in [6.45, 7) is 3.32. The molecule has 0 saturated heterocycles. The Morgan fingerprint density at radius 2 is 1.35 bits per heavy atom. The van der Waals surface area contributed by atoms with Crippen molar-refractivity contribution in [2.24, 2.45) is 0 Å². The number of para-hydroxylation sites is 2. The van der Waals surface area contributed by atoms with Gasteiger partial charge >= 0.3 is 0 Å². The lowest BCUT2D eigenvalue weighted by molar-refractivity contribution is 0.285. The molecule has 3 heteroatoms. The highest BCUT2D eigenvalue weighted by molar-refractivity contribution is 5.63. The topological polar surface area (TPSA) is 35.5 Å². The van der Waals surface area contributed by atoms with E-state index in [9.17, 15) is 5.11 Å². The van der Waals surface area contributed by atoms with E-state index in [0.717, 1.165) is 13.1 Å². The molecule has 4 aliphatic rings. The van der Waals surface area contributed by atoms with Crippen LogP contribution < -0.4 is 10.2 Å². The Hall–Kier alpha value is -2.00. The highest BCUT2D eigenvalue weighted by atomic mass is 16.3. The van der Waals surface area contributed by atoms with Crippen molar-refractivity contribution in [1.82, 2.24) is 0 Å². The third kappa shape index (κ3) is 3.86. The van der Waals surface area contributed by atoms with Crippen molar-refractivity contribution in [3.05, 3.63) is 59.7 Å². The van der Waals surface area contributed by atoms with Gasteiger partial charge in [0.25, 0.3) is 0 Å². The zero-order valence-corrected chi connectivity index (χ0v) is 18.9. The Bertz CT molecular complexity index is 875. The van der Waals surface area contributed by atoms with Crippen LogP contribution in [-0.2, 0) is 10.8 Å². The van der Waals surface area contributed by atoms with Gasteiger partial charge in [0.1, 0.15) is 0 Å². The number of hydrogen-bond donors (Lipinski definition) is 2. The molecule has 2 N–H and O–H groups in total. The van der Waals surface area contributed by atoms with E-state index in [2.05, 4.69) is 58.7 Å². The van der Waals surface area contributed by atoms with Crippen LogP contribution in [0.4, 0.5) is 11.4 Å². The van der Waals surface area contributed by atoms with Gasteiger partial charge < -0.3 is 15.3 Å². The number of hydrogen-bond acceptors (Lipinski definition) is 3. The molecule has 2 heterocycles. The number of anilines is 2. The van der Waals surface area contributed by atoms with Gasteiger partial charge in [-0.05, 0) is 48.9 Å². The van der Waals surface area contributed by atoms with Crippen LogP contribution in [0.15, 0.2) is 48.5 Å². The van der Waals surface area contributed by atoms with E-state index in [-0.39, 0.29) is 6.61 Å². The standard InChI is InChI=1S/C15H21NO.C13H17N/c17-11-10-16-12-15(8-4-1-5-9-15)13-6-2-3-7-14(13)16;1-4-8-13(9-5-1)10-14-12-7-3-2-6-11(12)13/h2-3,6-7,17H,1,4-5,8-12H2;2-3,6-7,14H,1,4-5,8-10H2. The minimum Gasteiger partial charge on any atom is -0.395 e. The first kappa shape index (κ1) is 20.9. The van der Waals surface area contributed by atoms with Gasteiger partial charge in [0.05, 0.1) is 6.61 Å². The van der Waals surface area contributed by atoms with Crippen molar-refractivity contribution < 1.29 is 5.11 Å². The van der Waals surface area contributed by atoms with Crippen LogP contribution in [0.1, 0.15) is 75.3 Å². The highest BCUT2D eigenvalue weighted by Crippen LogP contribution is 2.49. The summed E-state index contributed by atoms with van der Waals surface area (Å²) in [6.07, 6.45) is 13.8. The Morgan fingerprint density at radius 1 is 0.742 bits per heavy atom. The molecule has 0 bridgehead atoms. The highest BCUT2D eigenvalue weighted by Gasteiger charge is 2.42. The SMILES string of the molecule is OCCN1CC2(CCCCC2)c2ccccc21.c1ccc2c(c1)NCC21CCCCC1. The molecule has 0 aromatic heterocycles. The van der Waals surface area contributed by atoms with Gasteiger partial charge in [-0.25, -0.2) is 0 Å². The first-order valence-corrected chi connectivity index (χ1v) is 12.6. The van der Waals surface area contributed by atoms with Crippen molar-refractivity contribution in [3.63, 3.8) is 0 Å². The van der Waals surface area contributed by atoms with Crippen LogP contribution in [0, 0.1) is 0 Å². The van der Waals surface area contributed by atoms with Gasteiger partial charge in [0.2, 0.25) is 0 Å². The van der Waals surface area contributed by atoms with Gasteiger partial charge in [0.15, 0.2) is 0 Å². The van der Waals surface area contributed by atoms with Crippen molar-refractivity contribution in [2.45, 2.75) is 75.0 Å². The quantitative estimate of drug-likeness (QED) is 0.626. The minimum atomic E-state index is 0.254. The van der Waals surface area contributed by atoms with E-state index in [0.29, 0.717) is 10.8 Å². The van der Waals surface area contributed by atoms with E-state index in [1.807, 2.05) is 0 Å². The summed E-state index contributed by atoms with van der Waals surface area (Å²) in [6, 6.07) is 17.7. The molecule has 0 unspecified atom stereocenters. The zero-order valence-electron chi connectivity index (χ0n) is 18.9. The molecular formula is C28H38N2O. The number of β-amino-alcohol motifs (C(OH)–C–C–N with tert-alkyl or cyclic N) is 1. The second-order valence-corrected chi connectivity index (χ2v) is 10.2. The minimum absolute atomic E-state index is 0.254. The van der Waals surface area contributed by atoms with Crippen LogP contribution in [-0.4, -0.2) is 31.3 Å². The summed E-state index contributed by atoms with van der Waals surface area (Å²) in [7, 11) is 0. The predicted octanol–water partition coefficient (Wildman–Crippen LogP) is 6.01. The van der Waals surface area contributed by atoms with E-state index in [1.165, 1.54) is 87.7 Å². The maximum absolute atomic E-state index is 9.20. The van der Waals surface area contributed by atoms with E-state index >= 15 is 0 Å². The molecule has 2 aromatic carbocycles. The number of nitrogens with zero attached hydrogens (tertiary/aromatic N) is 1. The van der Waals surface area contributed by atoms with Crippen LogP contribution in [0.3, 0.4) is 0 Å². The molecule has 2 aromatic rings. The third-order valence-corrected chi connectivity index (χ3v) is 8.42. The molecule has 6 rings (SSSR count). The largest absolute Gasteiger partial charge is 0.395 e. The molecule has 0 radical (unpaired) electrons. The summed E-state index contributed by atoms with van der Waals surface area (Å²) in [4.78, 5) is 2.38. The Kier molecular flexibility index (Phi) is 5.97. The fraction of sp³-hybridized carbons (Fsp3) is 0.571. The summed E-state index contributed by atoms with van der Waals surface area (Å²) in [5.41, 5.74) is 6.75. The lowest BCUT2D eigenvalue weighted by Crippen LogP contribution is -2.36. The number of benzene rings is 2. The third-order valence-electron chi connectivity index (χ3n) is 8.42. The maximum Gasteiger partial charge on any atom is 0.0606 e. The fourth-order valence-electron chi connectivity index (χ4n) is 6.84. The average molecular weight is 419 g/mol. The predicted molar refractivity (Wildman–Crippen MR) is 130 cm³/mol. The van der Waals surface area contributed by atoms with E-state index in [4.69, 9.17) is 0 Å². The van der Waals surface area contributed by atoms with Gasteiger partial charge in [-0.2, -0.15) is 0 Å². The molecule has 31 heavy (non-hydrogen) atoms. The van der Waals surface area contributed by atoms with Crippen LogP contribution in [0.2, 0.25) is 0 Å². The number of nitrogens with one attached hydrogen (secondary N) is 1. The molecule has 0 amide bonds. The average Bonchev–Trinajstić information content (AvgIpc) is 3.32. The normalized spacial score (nSPS) is 22.4. The van der Waals surface area contributed by atoms with E-state index < -0.39 is 0 Å². The molecule has 2 saturated carbocycles. The number of aliphatic hydroxyl groups is 1. The molecule has 2 aliphatic heterocycles. The van der Waals surface area contributed by atoms with Crippen molar-refractivity contribution in [2.75, 3.05) is 36.5 Å². The maximum atomic E-state index is 9.20. The molecule has 0 atom stereocenters. The molecule has 2 aliphatic carbocycles.